The molecule has 0 unspecified atom stereocenters. The van der Waals surface area contributed by atoms with Crippen molar-refractivity contribution in [3.8, 4) is 0 Å². The van der Waals surface area contributed by atoms with Crippen molar-refractivity contribution in [3.05, 3.63) is 72.6 Å². The maximum absolute atomic E-state index is 13.6. The van der Waals surface area contributed by atoms with Crippen LogP contribution < -0.4 is 0 Å². The summed E-state index contributed by atoms with van der Waals surface area (Å²) in [6.07, 6.45) is 7.94. The Bertz CT molecular complexity index is 1250. The minimum absolute atomic E-state index is 0.0638. The van der Waals surface area contributed by atoms with E-state index in [4.69, 9.17) is 0 Å². The topological polar surface area (TPSA) is 65.9 Å². The van der Waals surface area contributed by atoms with Gasteiger partial charge in [-0.3, -0.25) is 4.79 Å². The number of hydrogen-bond donors (Lipinski definition) is 0. The summed E-state index contributed by atoms with van der Waals surface area (Å²) in [5.41, 5.74) is 1.12. The average Bonchev–Trinajstić information content (AvgIpc) is 3.30. The molecule has 0 bridgehead atoms. The van der Waals surface area contributed by atoms with Gasteiger partial charge in [-0.1, -0.05) is 48.9 Å². The molecule has 3 aromatic rings. The monoisotopic (exact) mass is 494 g/mol. The highest BCUT2D eigenvalue weighted by Gasteiger charge is 2.33. The second kappa shape index (κ2) is 10.5. The Hall–Kier alpha value is -2.68. The molecule has 186 valence electrons. The molecule has 2 saturated heterocycles. The Morgan fingerprint density at radius 1 is 0.743 bits per heavy atom. The highest BCUT2D eigenvalue weighted by atomic mass is 32.2. The molecule has 0 N–H and O–H groups in total. The Balaban J connectivity index is 1.33. The summed E-state index contributed by atoms with van der Waals surface area (Å²) in [4.78, 5) is 15.4. The van der Waals surface area contributed by atoms with Gasteiger partial charge in [0.15, 0.2) is 0 Å². The molecular formula is C27H34N4O3S. The molecule has 1 aromatic heterocycles. The third kappa shape index (κ3) is 5.15. The average molecular weight is 495 g/mol. The summed E-state index contributed by atoms with van der Waals surface area (Å²) >= 11 is 0. The first-order chi connectivity index (χ1) is 17.0. The van der Waals surface area contributed by atoms with E-state index in [0.717, 1.165) is 35.6 Å². The molecule has 5 rings (SSSR count). The number of piperidine rings is 1. The Morgan fingerprint density at radius 3 is 2.23 bits per heavy atom. The van der Waals surface area contributed by atoms with E-state index in [0.29, 0.717) is 52.1 Å². The van der Waals surface area contributed by atoms with Crippen LogP contribution >= 0.6 is 0 Å². The van der Waals surface area contributed by atoms with E-state index in [2.05, 4.69) is 28.8 Å². The predicted molar refractivity (Wildman–Crippen MR) is 138 cm³/mol. The van der Waals surface area contributed by atoms with Gasteiger partial charge in [-0.15, -0.1) is 0 Å². The zero-order valence-corrected chi connectivity index (χ0v) is 20.9. The Morgan fingerprint density at radius 2 is 1.43 bits per heavy atom. The van der Waals surface area contributed by atoms with E-state index >= 15 is 0 Å². The van der Waals surface area contributed by atoms with Gasteiger partial charge >= 0.3 is 0 Å². The molecule has 1 atom stereocenters. The number of nitrogens with zero attached hydrogens (tertiary/aromatic N) is 4. The highest BCUT2D eigenvalue weighted by Crippen LogP contribution is 2.30. The van der Waals surface area contributed by atoms with Gasteiger partial charge < -0.3 is 9.47 Å². The molecule has 3 heterocycles. The van der Waals surface area contributed by atoms with Gasteiger partial charge in [0.05, 0.1) is 12.5 Å². The molecule has 2 aliphatic rings. The number of benzene rings is 2. The van der Waals surface area contributed by atoms with Crippen molar-refractivity contribution < 1.29 is 13.2 Å². The van der Waals surface area contributed by atoms with Crippen molar-refractivity contribution >= 4 is 26.9 Å². The van der Waals surface area contributed by atoms with Gasteiger partial charge in [-0.2, -0.15) is 17.0 Å². The van der Waals surface area contributed by atoms with Crippen molar-refractivity contribution in [1.82, 2.24) is 18.1 Å². The van der Waals surface area contributed by atoms with Crippen molar-refractivity contribution in [3.63, 3.8) is 0 Å². The number of hydrogen-bond acceptors (Lipinski definition) is 3. The quantitative estimate of drug-likeness (QED) is 0.522. The number of carbonyl (C=O) groups excluding carboxylic acids is 1. The molecule has 2 aromatic carbocycles. The molecule has 1 amide bonds. The lowest BCUT2D eigenvalue weighted by Crippen LogP contribution is -2.47. The van der Waals surface area contributed by atoms with Crippen molar-refractivity contribution in [1.29, 1.82) is 0 Å². The lowest BCUT2D eigenvalue weighted by molar-refractivity contribution is -0.131. The number of amides is 1. The first-order valence-corrected chi connectivity index (χ1v) is 14.1. The number of aromatic nitrogens is 1. The van der Waals surface area contributed by atoms with Crippen LogP contribution in [0.25, 0.3) is 10.8 Å². The summed E-state index contributed by atoms with van der Waals surface area (Å²) in [5, 5.41) is 2.30. The van der Waals surface area contributed by atoms with E-state index in [9.17, 15) is 13.2 Å². The minimum atomic E-state index is -3.46. The number of fused-ring (bicyclic) bond motifs is 1. The largest absolute Gasteiger partial charge is 0.346 e. The van der Waals surface area contributed by atoms with E-state index in [-0.39, 0.29) is 11.9 Å². The van der Waals surface area contributed by atoms with E-state index in [1.165, 1.54) is 0 Å². The van der Waals surface area contributed by atoms with Crippen molar-refractivity contribution in [2.75, 3.05) is 39.3 Å². The standard InChI is InChI=1S/C27H34N4O3S/c32-27(29-16-9-19-31(21-20-29)35(33,34)30-17-4-1-5-18-30)22-26(28-14-6-7-15-28)25-13-8-11-23-10-2-3-12-24(23)25/h2-3,6-8,10-15,26H,1,4-5,9,16-22H2/t26-/m1/s1. The molecule has 2 aliphatic heterocycles. The molecule has 0 radical (unpaired) electrons. The summed E-state index contributed by atoms with van der Waals surface area (Å²) < 4.78 is 31.6. The van der Waals surface area contributed by atoms with Crippen molar-refractivity contribution in [2.45, 2.75) is 38.1 Å². The van der Waals surface area contributed by atoms with Crippen LogP contribution in [0, 0.1) is 0 Å². The van der Waals surface area contributed by atoms with Crippen LogP contribution in [0.15, 0.2) is 67.0 Å². The Kier molecular flexibility index (Phi) is 7.22. The fourth-order valence-corrected chi connectivity index (χ4v) is 7.12. The lowest BCUT2D eigenvalue weighted by atomic mass is 9.96. The maximum atomic E-state index is 13.6. The van der Waals surface area contributed by atoms with Gasteiger partial charge in [-0.25, -0.2) is 0 Å². The van der Waals surface area contributed by atoms with Crippen LogP contribution in [-0.2, 0) is 15.0 Å². The van der Waals surface area contributed by atoms with Crippen molar-refractivity contribution in [2.24, 2.45) is 0 Å². The molecular weight excluding hydrogens is 460 g/mol. The van der Waals surface area contributed by atoms with Gasteiger partial charge in [-0.05, 0) is 47.7 Å². The SMILES string of the molecule is O=C(C[C@H](c1cccc2ccccc12)n1cccc1)N1CCCN(S(=O)(=O)N2CCCCC2)CC1. The zero-order valence-electron chi connectivity index (χ0n) is 20.1. The van der Waals surface area contributed by atoms with Gasteiger partial charge in [0, 0.05) is 51.7 Å². The van der Waals surface area contributed by atoms with E-state index in [1.54, 1.807) is 8.61 Å². The Labute approximate surface area is 208 Å². The fraction of sp³-hybridized carbons (Fsp3) is 0.444. The van der Waals surface area contributed by atoms with Crippen LogP contribution in [-0.4, -0.2) is 71.7 Å². The fourth-order valence-electron chi connectivity index (χ4n) is 5.40. The summed E-state index contributed by atoms with van der Waals surface area (Å²) in [7, 11) is -3.46. The van der Waals surface area contributed by atoms with E-state index in [1.807, 2.05) is 47.6 Å². The summed E-state index contributed by atoms with van der Waals surface area (Å²) in [5.74, 6) is 0.0638. The predicted octanol–water partition coefficient (Wildman–Crippen LogP) is 3.89. The third-order valence-corrected chi connectivity index (χ3v) is 9.35. The second-order valence-corrected chi connectivity index (χ2v) is 11.4. The normalized spacial score (nSPS) is 19.5. The maximum Gasteiger partial charge on any atom is 0.282 e. The van der Waals surface area contributed by atoms with Crippen LogP contribution in [0.1, 0.15) is 43.7 Å². The van der Waals surface area contributed by atoms with Crippen LogP contribution in [0.3, 0.4) is 0 Å². The lowest BCUT2D eigenvalue weighted by Gasteiger charge is -2.31. The molecule has 0 aliphatic carbocycles. The zero-order chi connectivity index (χ0) is 24.3. The van der Waals surface area contributed by atoms with Gasteiger partial charge in [0.2, 0.25) is 5.91 Å². The van der Waals surface area contributed by atoms with Crippen LogP contribution in [0.5, 0.6) is 0 Å². The second-order valence-electron chi connectivity index (χ2n) is 9.52. The first kappa shape index (κ1) is 24.0. The minimum Gasteiger partial charge on any atom is -0.346 e. The molecule has 8 heteroatoms. The molecule has 0 saturated carbocycles. The smallest absolute Gasteiger partial charge is 0.282 e. The molecule has 2 fully saturated rings. The van der Waals surface area contributed by atoms with Gasteiger partial charge in [0.1, 0.15) is 0 Å². The molecule has 0 spiro atoms. The highest BCUT2D eigenvalue weighted by molar-refractivity contribution is 7.86. The molecule has 7 nitrogen and oxygen atoms in total. The summed E-state index contributed by atoms with van der Waals surface area (Å²) in [6, 6.07) is 18.4. The number of carbonyl (C=O) groups is 1. The van der Waals surface area contributed by atoms with Crippen LogP contribution in [0.4, 0.5) is 0 Å². The van der Waals surface area contributed by atoms with Gasteiger partial charge in [0.25, 0.3) is 10.2 Å². The first-order valence-electron chi connectivity index (χ1n) is 12.7. The molecule has 35 heavy (non-hydrogen) atoms. The third-order valence-electron chi connectivity index (χ3n) is 7.31. The van der Waals surface area contributed by atoms with Crippen LogP contribution in [0.2, 0.25) is 0 Å². The number of rotatable bonds is 6. The summed E-state index contributed by atoms with van der Waals surface area (Å²) in [6.45, 7) is 3.04. The van der Waals surface area contributed by atoms with E-state index < -0.39 is 10.2 Å².